The minimum absolute atomic E-state index is 0.652. The molecule has 0 atom stereocenters. The van der Waals surface area contributed by atoms with E-state index in [1.54, 1.807) is 0 Å². The molecule has 0 N–H and O–H groups in total. The van der Waals surface area contributed by atoms with Gasteiger partial charge in [0, 0.05) is 0 Å². The van der Waals surface area contributed by atoms with Crippen molar-refractivity contribution in [2.45, 2.75) is 117 Å². The summed E-state index contributed by atoms with van der Waals surface area (Å²) in [6.45, 7) is 11.6. The molecule has 0 bridgehead atoms. The van der Waals surface area contributed by atoms with Gasteiger partial charge < -0.3 is 14.2 Å². The first kappa shape index (κ1) is 23.7. The largest absolute Gasteiger partial charge is 0.519 e. The Hall–Kier alpha value is -1.26. The smallest absolute Gasteiger partial charge is 0.428 e. The Morgan fingerprint density at radius 3 is 1.32 bits per heavy atom. The fourth-order valence-electron chi connectivity index (χ4n) is 2.62. The van der Waals surface area contributed by atoms with Gasteiger partial charge in [-0.2, -0.15) is 0 Å². The molecule has 0 aromatic carbocycles. The van der Waals surface area contributed by atoms with Crippen LogP contribution in [0.15, 0.2) is 0 Å². The minimum Gasteiger partial charge on any atom is -0.428 e. The molecule has 5 heteroatoms. The highest BCUT2D eigenvalue weighted by Gasteiger charge is 2.28. The van der Waals surface area contributed by atoms with Crippen LogP contribution in [-0.2, 0) is 14.2 Å². The summed E-state index contributed by atoms with van der Waals surface area (Å²) in [7, 11) is 0. The van der Waals surface area contributed by atoms with Crippen LogP contribution >= 0.6 is 0 Å². The number of hydrogen-bond donors (Lipinski definition) is 0. The molecule has 25 heavy (non-hydrogen) atoms. The van der Waals surface area contributed by atoms with Gasteiger partial charge in [-0.25, -0.2) is 9.59 Å². The second-order valence-electron chi connectivity index (χ2n) is 7.95. The van der Waals surface area contributed by atoms with Crippen LogP contribution in [0.3, 0.4) is 0 Å². The van der Waals surface area contributed by atoms with Crippen LogP contribution < -0.4 is 0 Å². The van der Waals surface area contributed by atoms with E-state index in [2.05, 4.69) is 18.6 Å². The lowest BCUT2D eigenvalue weighted by molar-refractivity contribution is -0.0432. The van der Waals surface area contributed by atoms with Gasteiger partial charge in [0.15, 0.2) is 0 Å². The molecule has 0 saturated heterocycles. The van der Waals surface area contributed by atoms with Gasteiger partial charge in [0.05, 0.1) is 0 Å². The van der Waals surface area contributed by atoms with Crippen molar-refractivity contribution in [1.29, 1.82) is 0 Å². The molecule has 0 radical (unpaired) electrons. The Balaban J connectivity index is 4.16. The molecule has 0 rings (SSSR count). The van der Waals surface area contributed by atoms with Crippen LogP contribution in [0, 0.1) is 0 Å². The first-order valence-electron chi connectivity index (χ1n) is 9.75. The van der Waals surface area contributed by atoms with Gasteiger partial charge in [0.1, 0.15) is 11.2 Å². The summed E-state index contributed by atoms with van der Waals surface area (Å²) < 4.78 is 15.2. The zero-order valence-corrected chi connectivity index (χ0v) is 17.1. The third-order valence-electron chi connectivity index (χ3n) is 4.15. The summed E-state index contributed by atoms with van der Waals surface area (Å²) in [5, 5.41) is 0. The number of unbranched alkanes of at least 4 members (excludes halogenated alkanes) is 6. The maximum Gasteiger partial charge on any atom is 0.519 e. The monoisotopic (exact) mass is 358 g/mol. The average Bonchev–Trinajstić information content (AvgIpc) is 2.46. The Morgan fingerprint density at radius 2 is 1.00 bits per heavy atom. The van der Waals surface area contributed by atoms with Crippen LogP contribution in [-0.4, -0.2) is 23.5 Å². The van der Waals surface area contributed by atoms with Gasteiger partial charge in [-0.05, 0) is 53.4 Å². The zero-order chi connectivity index (χ0) is 19.3. The summed E-state index contributed by atoms with van der Waals surface area (Å²) in [6, 6.07) is 0. The van der Waals surface area contributed by atoms with Crippen LogP contribution in [0.4, 0.5) is 9.59 Å². The van der Waals surface area contributed by atoms with Crippen LogP contribution in [0.1, 0.15) is 106 Å². The van der Waals surface area contributed by atoms with Gasteiger partial charge >= 0.3 is 12.3 Å². The van der Waals surface area contributed by atoms with Crippen molar-refractivity contribution in [2.24, 2.45) is 0 Å². The summed E-state index contributed by atoms with van der Waals surface area (Å²) in [4.78, 5) is 23.6. The summed E-state index contributed by atoms with van der Waals surface area (Å²) in [6.07, 6.45) is 8.29. The van der Waals surface area contributed by atoms with Crippen LogP contribution in [0.5, 0.6) is 0 Å². The molecule has 0 amide bonds. The quantitative estimate of drug-likeness (QED) is 0.219. The van der Waals surface area contributed by atoms with Crippen molar-refractivity contribution in [2.75, 3.05) is 0 Å². The van der Waals surface area contributed by atoms with E-state index in [-0.39, 0.29) is 0 Å². The van der Waals surface area contributed by atoms with E-state index in [0.29, 0.717) is 0 Å². The van der Waals surface area contributed by atoms with Crippen molar-refractivity contribution in [3.63, 3.8) is 0 Å². The zero-order valence-electron chi connectivity index (χ0n) is 17.1. The maximum absolute atomic E-state index is 11.8. The molecule has 5 nitrogen and oxygen atoms in total. The average molecular weight is 359 g/mol. The fraction of sp³-hybridized carbons (Fsp3) is 0.900. The standard InChI is InChI=1S/C20H38O5/c1-7-9-11-13-15-19(3,4)24-17(21)23-18(22)25-20(5,6)16-14-12-10-8-2/h7-16H2,1-6H3. The third kappa shape index (κ3) is 13.7. The van der Waals surface area contributed by atoms with Crippen molar-refractivity contribution in [3.8, 4) is 0 Å². The number of ether oxygens (including phenoxy) is 3. The lowest BCUT2D eigenvalue weighted by atomic mass is 10.00. The number of carbonyl (C=O) groups is 2. The normalized spacial score (nSPS) is 11.9. The van der Waals surface area contributed by atoms with Gasteiger partial charge in [0.25, 0.3) is 0 Å². The Bertz CT molecular complexity index is 352. The first-order chi connectivity index (χ1) is 11.6. The molecule has 0 fully saturated rings. The molecule has 0 aliphatic rings. The molecular weight excluding hydrogens is 320 g/mol. The van der Waals surface area contributed by atoms with Crippen LogP contribution in [0.25, 0.3) is 0 Å². The van der Waals surface area contributed by atoms with Crippen molar-refractivity contribution in [3.05, 3.63) is 0 Å². The SMILES string of the molecule is CCCCCCC(C)(C)OC(=O)OC(=O)OC(C)(C)CCCCCC. The number of carbonyl (C=O) groups excluding carboxylic acids is 2. The van der Waals surface area contributed by atoms with E-state index < -0.39 is 23.5 Å². The van der Waals surface area contributed by atoms with E-state index in [1.807, 2.05) is 27.7 Å². The van der Waals surface area contributed by atoms with Gasteiger partial charge in [-0.3, -0.25) is 0 Å². The van der Waals surface area contributed by atoms with Crippen molar-refractivity contribution >= 4 is 12.3 Å². The molecule has 0 heterocycles. The predicted octanol–water partition coefficient (Wildman–Crippen LogP) is 6.77. The lowest BCUT2D eigenvalue weighted by Gasteiger charge is -2.26. The first-order valence-corrected chi connectivity index (χ1v) is 9.75. The number of rotatable bonds is 12. The fourth-order valence-corrected chi connectivity index (χ4v) is 2.62. The van der Waals surface area contributed by atoms with E-state index in [0.717, 1.165) is 51.4 Å². The van der Waals surface area contributed by atoms with E-state index >= 15 is 0 Å². The Labute approximate surface area is 153 Å². The minimum atomic E-state index is -0.993. The summed E-state index contributed by atoms with van der Waals surface area (Å²) in [5.74, 6) is 0. The lowest BCUT2D eigenvalue weighted by Crippen LogP contribution is -2.33. The molecule has 0 unspecified atom stereocenters. The van der Waals surface area contributed by atoms with Gasteiger partial charge in [-0.1, -0.05) is 52.4 Å². The Kier molecular flexibility index (Phi) is 11.5. The molecule has 0 aliphatic carbocycles. The summed E-state index contributed by atoms with van der Waals surface area (Å²) in [5.41, 5.74) is -1.30. The number of hydrogen-bond acceptors (Lipinski definition) is 5. The van der Waals surface area contributed by atoms with E-state index in [9.17, 15) is 9.59 Å². The predicted molar refractivity (Wildman–Crippen MR) is 99.7 cm³/mol. The van der Waals surface area contributed by atoms with Gasteiger partial charge in [-0.15, -0.1) is 0 Å². The van der Waals surface area contributed by atoms with Crippen LogP contribution in [0.2, 0.25) is 0 Å². The highest BCUT2D eigenvalue weighted by molar-refractivity contribution is 5.77. The Morgan fingerprint density at radius 1 is 0.640 bits per heavy atom. The maximum atomic E-state index is 11.8. The van der Waals surface area contributed by atoms with Crippen molar-refractivity contribution in [1.82, 2.24) is 0 Å². The van der Waals surface area contributed by atoms with Crippen molar-refractivity contribution < 1.29 is 23.8 Å². The highest BCUT2D eigenvalue weighted by atomic mass is 16.8. The second-order valence-corrected chi connectivity index (χ2v) is 7.95. The third-order valence-corrected chi connectivity index (χ3v) is 4.15. The molecular formula is C20H38O5. The van der Waals surface area contributed by atoms with E-state index in [4.69, 9.17) is 9.47 Å². The van der Waals surface area contributed by atoms with E-state index in [1.165, 1.54) is 12.8 Å². The highest BCUT2D eigenvalue weighted by Crippen LogP contribution is 2.22. The molecule has 0 aromatic rings. The molecule has 148 valence electrons. The molecule has 0 spiro atoms. The molecule has 0 aliphatic heterocycles. The summed E-state index contributed by atoms with van der Waals surface area (Å²) >= 11 is 0. The molecule has 0 aromatic heterocycles. The van der Waals surface area contributed by atoms with Gasteiger partial charge in [0.2, 0.25) is 0 Å². The molecule has 0 saturated carbocycles. The second kappa shape index (κ2) is 12.2. The topological polar surface area (TPSA) is 61.8 Å².